The van der Waals surface area contributed by atoms with Gasteiger partial charge in [-0.05, 0) is 113 Å². The Bertz CT molecular complexity index is 2510. The van der Waals surface area contributed by atoms with E-state index in [1.807, 2.05) is 6.07 Å². The summed E-state index contributed by atoms with van der Waals surface area (Å²) in [5.74, 6) is 0.773. The van der Waals surface area contributed by atoms with Crippen molar-refractivity contribution in [3.05, 3.63) is 175 Å². The predicted molar refractivity (Wildman–Crippen MR) is 204 cm³/mol. The minimum atomic E-state index is -0.0302. The van der Waals surface area contributed by atoms with Gasteiger partial charge in [0.2, 0.25) is 0 Å². The van der Waals surface area contributed by atoms with Gasteiger partial charge in [-0.25, -0.2) is 0 Å². The van der Waals surface area contributed by atoms with Crippen LogP contribution in [0.3, 0.4) is 0 Å². The maximum Gasteiger partial charge on any atom is 0.127 e. The number of benzene rings is 8. The SMILES string of the molecule is OCCOc1ccc(-c2ccc(-c3ccc4ccccc4c3)c3c2Cc2cccc(-c4ccc5ccccc5c4)c2-3)cc1-c1ccccc1. The molecule has 0 aliphatic heterocycles. The van der Waals surface area contributed by atoms with Gasteiger partial charge in [-0.15, -0.1) is 0 Å². The standard InChI is InChI=1S/C47H34O2/c48-25-26-49-45-24-21-38(29-43(45)33-11-2-1-3-12-33)40-22-23-42(37-20-18-32-10-5-7-14-35(32)28-37)47-44(40)30-39-15-8-16-41(46(39)47)36-19-17-31-9-4-6-13-34(31)27-36/h1-24,27-29,48H,25-26,30H2. The molecule has 49 heavy (non-hydrogen) atoms. The number of hydrogen-bond acceptors (Lipinski definition) is 2. The lowest BCUT2D eigenvalue weighted by molar-refractivity contribution is 0.202. The molecule has 8 aromatic rings. The van der Waals surface area contributed by atoms with E-state index >= 15 is 0 Å². The minimum Gasteiger partial charge on any atom is -0.491 e. The second-order valence-corrected chi connectivity index (χ2v) is 12.8. The van der Waals surface area contributed by atoms with Crippen LogP contribution < -0.4 is 4.74 Å². The maximum absolute atomic E-state index is 9.52. The first-order chi connectivity index (χ1) is 24.2. The smallest absolute Gasteiger partial charge is 0.127 e. The lowest BCUT2D eigenvalue weighted by Gasteiger charge is -2.18. The molecule has 234 valence electrons. The van der Waals surface area contributed by atoms with Crippen LogP contribution in [0.2, 0.25) is 0 Å². The number of fused-ring (bicyclic) bond motifs is 5. The Morgan fingerprint density at radius 1 is 0.429 bits per heavy atom. The van der Waals surface area contributed by atoms with Crippen LogP contribution in [0.15, 0.2) is 164 Å². The predicted octanol–water partition coefficient (Wildman–Crippen LogP) is 11.6. The summed E-state index contributed by atoms with van der Waals surface area (Å²) in [7, 11) is 0. The molecular formula is C47H34O2. The van der Waals surface area contributed by atoms with E-state index in [2.05, 4.69) is 158 Å². The minimum absolute atomic E-state index is 0.0302. The molecule has 0 aromatic heterocycles. The molecule has 0 saturated heterocycles. The molecule has 0 unspecified atom stereocenters. The maximum atomic E-state index is 9.52. The quantitative estimate of drug-likeness (QED) is 0.190. The second kappa shape index (κ2) is 12.2. The highest BCUT2D eigenvalue weighted by Crippen LogP contribution is 2.51. The van der Waals surface area contributed by atoms with E-state index in [1.54, 1.807) is 0 Å². The average molecular weight is 631 g/mol. The van der Waals surface area contributed by atoms with E-state index in [-0.39, 0.29) is 13.2 Å². The largest absolute Gasteiger partial charge is 0.491 e. The lowest BCUT2D eigenvalue weighted by Crippen LogP contribution is -2.03. The van der Waals surface area contributed by atoms with Gasteiger partial charge in [-0.3, -0.25) is 0 Å². The first-order valence-electron chi connectivity index (χ1n) is 17.0. The zero-order valence-electron chi connectivity index (χ0n) is 27.1. The fourth-order valence-electron chi connectivity index (χ4n) is 7.64. The molecule has 0 amide bonds. The molecule has 2 nitrogen and oxygen atoms in total. The van der Waals surface area contributed by atoms with Crippen LogP contribution in [0.5, 0.6) is 5.75 Å². The van der Waals surface area contributed by atoms with E-state index in [9.17, 15) is 5.11 Å². The van der Waals surface area contributed by atoms with Crippen molar-refractivity contribution in [1.29, 1.82) is 0 Å². The first-order valence-corrected chi connectivity index (χ1v) is 17.0. The fraction of sp³-hybridized carbons (Fsp3) is 0.0638. The summed E-state index contributed by atoms with van der Waals surface area (Å²) >= 11 is 0. The highest BCUT2D eigenvalue weighted by Gasteiger charge is 2.28. The van der Waals surface area contributed by atoms with Crippen molar-refractivity contribution in [3.63, 3.8) is 0 Å². The summed E-state index contributed by atoms with van der Waals surface area (Å²) in [6.07, 6.45) is 0.853. The van der Waals surface area contributed by atoms with E-state index in [0.29, 0.717) is 0 Å². The van der Waals surface area contributed by atoms with Gasteiger partial charge >= 0.3 is 0 Å². The van der Waals surface area contributed by atoms with E-state index in [1.165, 1.54) is 71.6 Å². The first kappa shape index (κ1) is 29.2. The Balaban J connectivity index is 1.28. The Morgan fingerprint density at radius 2 is 1.02 bits per heavy atom. The Kier molecular flexibility index (Phi) is 7.30. The Morgan fingerprint density at radius 3 is 1.71 bits per heavy atom. The molecule has 1 N–H and O–H groups in total. The molecule has 0 bridgehead atoms. The van der Waals surface area contributed by atoms with E-state index < -0.39 is 0 Å². The number of aliphatic hydroxyl groups is 1. The molecule has 0 heterocycles. The molecule has 1 aliphatic carbocycles. The van der Waals surface area contributed by atoms with Crippen LogP contribution >= 0.6 is 0 Å². The number of hydrogen-bond donors (Lipinski definition) is 1. The highest BCUT2D eigenvalue weighted by atomic mass is 16.5. The number of rotatable bonds is 7. The molecule has 0 saturated carbocycles. The third-order valence-electron chi connectivity index (χ3n) is 9.93. The number of aliphatic hydroxyl groups excluding tert-OH is 1. The van der Waals surface area contributed by atoms with Crippen LogP contribution in [-0.4, -0.2) is 18.3 Å². The van der Waals surface area contributed by atoms with Crippen LogP contribution in [0.25, 0.3) is 77.2 Å². The van der Waals surface area contributed by atoms with Gasteiger partial charge in [0.05, 0.1) is 6.61 Å². The van der Waals surface area contributed by atoms with Gasteiger partial charge in [-0.1, -0.05) is 140 Å². The summed E-state index contributed by atoms with van der Waals surface area (Å²) in [6, 6.07) is 59.2. The topological polar surface area (TPSA) is 29.5 Å². The average Bonchev–Trinajstić information content (AvgIpc) is 3.57. The van der Waals surface area contributed by atoms with Gasteiger partial charge in [0.25, 0.3) is 0 Å². The summed E-state index contributed by atoms with van der Waals surface area (Å²) in [5.41, 5.74) is 14.8. The van der Waals surface area contributed by atoms with Gasteiger partial charge in [-0.2, -0.15) is 0 Å². The van der Waals surface area contributed by atoms with Gasteiger partial charge in [0.15, 0.2) is 0 Å². The molecule has 0 atom stereocenters. The molecule has 0 spiro atoms. The number of ether oxygens (including phenoxy) is 1. The third kappa shape index (κ3) is 5.18. The van der Waals surface area contributed by atoms with Crippen LogP contribution in [0.4, 0.5) is 0 Å². The summed E-state index contributed by atoms with van der Waals surface area (Å²) in [5, 5.41) is 14.5. The van der Waals surface area contributed by atoms with E-state index in [4.69, 9.17) is 4.74 Å². The third-order valence-corrected chi connectivity index (χ3v) is 9.93. The van der Waals surface area contributed by atoms with Crippen LogP contribution in [0, 0.1) is 0 Å². The van der Waals surface area contributed by atoms with Crippen molar-refractivity contribution in [2.75, 3.05) is 13.2 Å². The summed E-state index contributed by atoms with van der Waals surface area (Å²) < 4.78 is 6.03. The summed E-state index contributed by atoms with van der Waals surface area (Å²) in [6.45, 7) is 0.222. The van der Waals surface area contributed by atoms with Gasteiger partial charge in [0, 0.05) is 5.56 Å². The lowest BCUT2D eigenvalue weighted by atomic mass is 9.85. The monoisotopic (exact) mass is 630 g/mol. The molecule has 1 aliphatic rings. The molecule has 9 rings (SSSR count). The van der Waals surface area contributed by atoms with Gasteiger partial charge < -0.3 is 9.84 Å². The fourth-order valence-corrected chi connectivity index (χ4v) is 7.64. The van der Waals surface area contributed by atoms with Crippen molar-refractivity contribution in [1.82, 2.24) is 0 Å². The second-order valence-electron chi connectivity index (χ2n) is 12.8. The Hall–Kier alpha value is -5.96. The van der Waals surface area contributed by atoms with Crippen molar-refractivity contribution in [3.8, 4) is 61.4 Å². The van der Waals surface area contributed by atoms with Crippen molar-refractivity contribution >= 4 is 21.5 Å². The van der Waals surface area contributed by atoms with Crippen molar-refractivity contribution in [2.24, 2.45) is 0 Å². The molecular weight excluding hydrogens is 597 g/mol. The molecule has 0 fully saturated rings. The van der Waals surface area contributed by atoms with Crippen molar-refractivity contribution in [2.45, 2.75) is 6.42 Å². The Labute approximate surface area is 286 Å². The highest BCUT2D eigenvalue weighted by molar-refractivity contribution is 6.03. The summed E-state index contributed by atoms with van der Waals surface area (Å²) in [4.78, 5) is 0. The van der Waals surface area contributed by atoms with Gasteiger partial charge in [0.1, 0.15) is 12.4 Å². The van der Waals surface area contributed by atoms with Crippen molar-refractivity contribution < 1.29 is 9.84 Å². The normalized spacial score (nSPS) is 11.9. The zero-order chi connectivity index (χ0) is 32.7. The molecule has 0 radical (unpaired) electrons. The van der Waals surface area contributed by atoms with Crippen LogP contribution in [0.1, 0.15) is 11.1 Å². The molecule has 8 aromatic carbocycles. The van der Waals surface area contributed by atoms with Crippen LogP contribution in [-0.2, 0) is 6.42 Å². The zero-order valence-corrected chi connectivity index (χ0v) is 27.1. The van der Waals surface area contributed by atoms with E-state index in [0.717, 1.165) is 28.9 Å². The molecule has 2 heteroatoms.